The van der Waals surface area contributed by atoms with E-state index in [0.717, 1.165) is 64.7 Å². The molecule has 1 aliphatic heterocycles. The molecule has 0 unspecified atom stereocenters. The van der Waals surface area contributed by atoms with E-state index in [9.17, 15) is 0 Å². The van der Waals surface area contributed by atoms with Gasteiger partial charge in [0.05, 0.1) is 13.2 Å². The van der Waals surface area contributed by atoms with E-state index < -0.39 is 0 Å². The molecular weight excluding hydrogens is 450 g/mol. The molecule has 0 N–H and O–H groups in total. The first kappa shape index (κ1) is 22.3. The van der Waals surface area contributed by atoms with Gasteiger partial charge in [-0.15, -0.1) is 10.2 Å². The minimum atomic E-state index is 0.694. The van der Waals surface area contributed by atoms with Gasteiger partial charge in [0.25, 0.3) is 0 Å². The molecule has 0 aliphatic carbocycles. The van der Waals surface area contributed by atoms with E-state index in [4.69, 9.17) is 4.74 Å². The molecule has 4 aromatic rings. The zero-order chi connectivity index (χ0) is 22.8. The van der Waals surface area contributed by atoms with Crippen LogP contribution in [0.1, 0.15) is 17.0 Å². The number of aryl methyl sites for hydroxylation is 3. The van der Waals surface area contributed by atoms with Gasteiger partial charge in [0.1, 0.15) is 10.7 Å². The second-order valence-corrected chi connectivity index (χ2v) is 10.1. The van der Waals surface area contributed by atoms with Gasteiger partial charge in [0, 0.05) is 45.7 Å². The lowest BCUT2D eigenvalue weighted by Crippen LogP contribution is -2.30. The molecule has 1 saturated heterocycles. The third-order valence-corrected chi connectivity index (χ3v) is 7.58. The van der Waals surface area contributed by atoms with E-state index in [1.807, 2.05) is 32.0 Å². The summed E-state index contributed by atoms with van der Waals surface area (Å²) in [7, 11) is 0. The maximum Gasteiger partial charge on any atom is 0.194 e. The van der Waals surface area contributed by atoms with Gasteiger partial charge in [0.15, 0.2) is 5.16 Å². The Hall–Kier alpha value is -2.52. The Morgan fingerprint density at radius 1 is 0.848 bits per heavy atom. The Labute approximate surface area is 202 Å². The third kappa shape index (κ3) is 5.04. The molecule has 0 amide bonds. The minimum absolute atomic E-state index is 0.694. The Morgan fingerprint density at radius 2 is 1.58 bits per heavy atom. The summed E-state index contributed by atoms with van der Waals surface area (Å²) in [6.07, 6.45) is 0. The van der Waals surface area contributed by atoms with Crippen LogP contribution in [0, 0.1) is 20.8 Å². The minimum Gasteiger partial charge on any atom is -0.379 e. The van der Waals surface area contributed by atoms with Gasteiger partial charge in [-0.3, -0.25) is 0 Å². The van der Waals surface area contributed by atoms with Crippen molar-refractivity contribution in [1.82, 2.24) is 24.5 Å². The van der Waals surface area contributed by atoms with Gasteiger partial charge >= 0.3 is 0 Å². The lowest BCUT2D eigenvalue weighted by atomic mass is 10.0. The van der Waals surface area contributed by atoms with Crippen LogP contribution in [0.15, 0.2) is 63.6 Å². The lowest BCUT2D eigenvalue weighted by Gasteiger charge is -2.26. The van der Waals surface area contributed by atoms with Gasteiger partial charge in [-0.25, -0.2) is 14.3 Å². The first-order valence-electron chi connectivity index (χ1n) is 10.9. The number of ether oxygens (including phenoxy) is 1. The fourth-order valence-electron chi connectivity index (χ4n) is 3.82. The van der Waals surface area contributed by atoms with Crippen molar-refractivity contribution in [3.8, 4) is 11.3 Å². The number of hydrogen-bond donors (Lipinski definition) is 0. The summed E-state index contributed by atoms with van der Waals surface area (Å²) >= 11 is 3.26. The van der Waals surface area contributed by atoms with Crippen LogP contribution < -0.4 is 0 Å². The molecule has 1 fully saturated rings. The van der Waals surface area contributed by atoms with E-state index in [2.05, 4.69) is 61.7 Å². The van der Waals surface area contributed by atoms with Crippen LogP contribution in [0.3, 0.4) is 0 Å². The van der Waals surface area contributed by atoms with Crippen LogP contribution in [0.25, 0.3) is 22.0 Å². The van der Waals surface area contributed by atoms with Crippen LogP contribution in [0.2, 0.25) is 0 Å². The Balaban J connectivity index is 1.52. The van der Waals surface area contributed by atoms with E-state index in [1.54, 1.807) is 11.9 Å². The Kier molecular flexibility index (Phi) is 6.59. The van der Waals surface area contributed by atoms with Crippen molar-refractivity contribution in [3.05, 3.63) is 65.5 Å². The number of fused-ring (bicyclic) bond motifs is 1. The Morgan fingerprint density at radius 3 is 2.33 bits per heavy atom. The van der Waals surface area contributed by atoms with Crippen LogP contribution in [0.5, 0.6) is 0 Å². The van der Waals surface area contributed by atoms with Crippen molar-refractivity contribution in [2.24, 2.45) is 0 Å². The SMILES string of the molecule is Cc1cc(C)nc(Sc2nnc(-c3ccc(C)c(SN4CCOCC4)c3)c3ccccc23)n1. The highest BCUT2D eigenvalue weighted by atomic mass is 32.2. The molecule has 0 bridgehead atoms. The van der Waals surface area contributed by atoms with Crippen LogP contribution >= 0.6 is 23.7 Å². The molecule has 5 rings (SSSR count). The molecule has 0 radical (unpaired) electrons. The van der Waals surface area contributed by atoms with E-state index >= 15 is 0 Å². The molecule has 0 saturated carbocycles. The first-order chi connectivity index (χ1) is 16.1. The Bertz CT molecular complexity index is 1290. The predicted molar refractivity (Wildman–Crippen MR) is 134 cm³/mol. The summed E-state index contributed by atoms with van der Waals surface area (Å²) in [6, 6.07) is 16.8. The van der Waals surface area contributed by atoms with E-state index in [-0.39, 0.29) is 0 Å². The van der Waals surface area contributed by atoms with Crippen molar-refractivity contribution < 1.29 is 4.74 Å². The number of hydrogen-bond acceptors (Lipinski definition) is 8. The van der Waals surface area contributed by atoms with Crippen LogP contribution in [-0.4, -0.2) is 50.8 Å². The van der Waals surface area contributed by atoms with Crippen molar-refractivity contribution >= 4 is 34.5 Å². The summed E-state index contributed by atoms with van der Waals surface area (Å²) in [5.74, 6) is 0. The summed E-state index contributed by atoms with van der Waals surface area (Å²) in [5, 5.41) is 12.9. The molecule has 8 heteroatoms. The smallest absolute Gasteiger partial charge is 0.194 e. The molecule has 33 heavy (non-hydrogen) atoms. The highest BCUT2D eigenvalue weighted by molar-refractivity contribution is 7.99. The second-order valence-electron chi connectivity index (χ2n) is 8.05. The van der Waals surface area contributed by atoms with Crippen LogP contribution in [0.4, 0.5) is 0 Å². The standard InChI is InChI=1S/C25H25N5OS2/c1-16-8-9-19(15-22(16)33-30-10-12-31-13-11-30)23-20-6-4-5-7-21(20)24(29-28-23)32-25-26-17(2)14-18(3)27-25/h4-9,14-15H,10-13H2,1-3H3. The summed E-state index contributed by atoms with van der Waals surface area (Å²) in [5.41, 5.74) is 5.11. The summed E-state index contributed by atoms with van der Waals surface area (Å²) in [6.45, 7) is 9.55. The van der Waals surface area contributed by atoms with Crippen molar-refractivity contribution in [2.75, 3.05) is 26.3 Å². The molecule has 0 atom stereocenters. The van der Waals surface area contributed by atoms with Crippen molar-refractivity contribution in [2.45, 2.75) is 35.8 Å². The zero-order valence-corrected chi connectivity index (χ0v) is 20.5. The number of nitrogens with zero attached hydrogens (tertiary/aromatic N) is 5. The monoisotopic (exact) mass is 475 g/mol. The molecule has 6 nitrogen and oxygen atoms in total. The highest BCUT2D eigenvalue weighted by Gasteiger charge is 2.17. The number of aromatic nitrogens is 4. The van der Waals surface area contributed by atoms with Crippen molar-refractivity contribution in [1.29, 1.82) is 0 Å². The average Bonchev–Trinajstić information content (AvgIpc) is 2.81. The quantitative estimate of drug-likeness (QED) is 0.277. The van der Waals surface area contributed by atoms with E-state index in [0.29, 0.717) is 5.16 Å². The van der Waals surface area contributed by atoms with E-state index in [1.165, 1.54) is 22.2 Å². The maximum absolute atomic E-state index is 5.49. The molecule has 0 spiro atoms. The number of benzene rings is 2. The summed E-state index contributed by atoms with van der Waals surface area (Å²) in [4.78, 5) is 10.4. The van der Waals surface area contributed by atoms with Gasteiger partial charge in [-0.2, -0.15) is 0 Å². The molecule has 2 aromatic heterocycles. The topological polar surface area (TPSA) is 64.0 Å². The molecule has 3 heterocycles. The van der Waals surface area contributed by atoms with Gasteiger partial charge in [-0.1, -0.05) is 36.4 Å². The molecule has 168 valence electrons. The summed E-state index contributed by atoms with van der Waals surface area (Å²) < 4.78 is 7.86. The molecular formula is C25H25N5OS2. The second kappa shape index (κ2) is 9.77. The maximum atomic E-state index is 5.49. The van der Waals surface area contributed by atoms with Crippen LogP contribution in [-0.2, 0) is 4.74 Å². The van der Waals surface area contributed by atoms with Crippen molar-refractivity contribution in [3.63, 3.8) is 0 Å². The highest BCUT2D eigenvalue weighted by Crippen LogP contribution is 2.36. The molecule has 2 aromatic carbocycles. The van der Waals surface area contributed by atoms with Gasteiger partial charge < -0.3 is 4.74 Å². The normalized spacial score (nSPS) is 14.6. The molecule has 1 aliphatic rings. The fraction of sp³-hybridized carbons (Fsp3) is 0.280. The fourth-order valence-corrected chi connectivity index (χ4v) is 5.74. The average molecular weight is 476 g/mol. The third-order valence-electron chi connectivity index (χ3n) is 5.46. The zero-order valence-electron chi connectivity index (χ0n) is 18.9. The van der Waals surface area contributed by atoms with Gasteiger partial charge in [-0.05, 0) is 62.2 Å². The first-order valence-corrected chi connectivity index (χ1v) is 12.5. The lowest BCUT2D eigenvalue weighted by molar-refractivity contribution is 0.0773. The van der Waals surface area contributed by atoms with Gasteiger partial charge in [0.2, 0.25) is 0 Å². The predicted octanol–water partition coefficient (Wildman–Crippen LogP) is 5.50. The largest absolute Gasteiger partial charge is 0.379 e. The number of rotatable bonds is 5. The number of morpholine rings is 1.